The number of carbonyl (C=O) groups is 1. The summed E-state index contributed by atoms with van der Waals surface area (Å²) in [5.74, 6) is -0.0935. The highest BCUT2D eigenvalue weighted by atomic mass is 32.1. The van der Waals surface area contributed by atoms with Crippen molar-refractivity contribution in [2.75, 3.05) is 31.2 Å². The maximum atomic E-state index is 11.8. The molecule has 140 valence electrons. The molecule has 8 nitrogen and oxygen atoms in total. The number of carboxylic acid groups (broad SMARTS) is 1. The summed E-state index contributed by atoms with van der Waals surface area (Å²) in [6.45, 7) is 4.58. The second-order valence-corrected chi connectivity index (χ2v) is 7.82. The highest BCUT2D eigenvalue weighted by Gasteiger charge is 2.41. The summed E-state index contributed by atoms with van der Waals surface area (Å²) in [4.78, 5) is 18.6. The largest absolute Gasteiger partial charge is 0.481 e. The number of rotatable bonds is 4. The Kier molecular flexibility index (Phi) is 4.66. The fourth-order valence-electron chi connectivity index (χ4n) is 3.88. The number of ether oxygens (including phenoxy) is 1. The van der Waals surface area contributed by atoms with E-state index in [1.807, 2.05) is 14.0 Å². The average Bonchev–Trinajstić information content (AvgIpc) is 3.35. The van der Waals surface area contributed by atoms with Gasteiger partial charge in [-0.15, -0.1) is 0 Å². The van der Waals surface area contributed by atoms with Gasteiger partial charge in [-0.1, -0.05) is 0 Å². The molecule has 0 amide bonds. The van der Waals surface area contributed by atoms with Crippen molar-refractivity contribution in [2.45, 2.75) is 31.6 Å². The molecule has 0 aliphatic carbocycles. The van der Waals surface area contributed by atoms with Gasteiger partial charge in [-0.05, 0) is 25.3 Å². The monoisotopic (exact) mass is 377 g/mol. The summed E-state index contributed by atoms with van der Waals surface area (Å²) in [5.41, 5.74) is 2.03. The molecule has 2 aliphatic rings. The van der Waals surface area contributed by atoms with Gasteiger partial charge in [-0.3, -0.25) is 9.48 Å². The molecule has 1 N–H and O–H groups in total. The number of aryl methyl sites for hydroxylation is 1. The summed E-state index contributed by atoms with van der Waals surface area (Å²) >= 11 is 1.37. The minimum Gasteiger partial charge on any atom is -0.481 e. The van der Waals surface area contributed by atoms with Crippen LogP contribution in [0.3, 0.4) is 0 Å². The Bertz CT molecular complexity index is 798. The van der Waals surface area contributed by atoms with Gasteiger partial charge in [0.2, 0.25) is 5.13 Å². The van der Waals surface area contributed by atoms with Crippen LogP contribution >= 0.6 is 11.5 Å². The van der Waals surface area contributed by atoms with Gasteiger partial charge < -0.3 is 14.7 Å². The van der Waals surface area contributed by atoms with Crippen LogP contribution in [0.25, 0.3) is 0 Å². The average molecular weight is 377 g/mol. The second-order valence-electron chi connectivity index (χ2n) is 7.09. The Morgan fingerprint density at radius 1 is 1.35 bits per heavy atom. The maximum Gasteiger partial charge on any atom is 0.308 e. The number of hydrogen-bond acceptors (Lipinski definition) is 7. The third-order valence-electron chi connectivity index (χ3n) is 5.60. The molecular weight excluding hydrogens is 354 g/mol. The van der Waals surface area contributed by atoms with Crippen LogP contribution in [0.2, 0.25) is 0 Å². The smallest absolute Gasteiger partial charge is 0.308 e. The van der Waals surface area contributed by atoms with E-state index < -0.39 is 11.9 Å². The van der Waals surface area contributed by atoms with Gasteiger partial charge in [0.05, 0.1) is 12.1 Å². The Hall–Kier alpha value is -2.00. The van der Waals surface area contributed by atoms with Crippen LogP contribution in [0.1, 0.15) is 41.8 Å². The van der Waals surface area contributed by atoms with Crippen molar-refractivity contribution in [3.8, 4) is 0 Å². The van der Waals surface area contributed by atoms with Gasteiger partial charge >= 0.3 is 5.97 Å². The summed E-state index contributed by atoms with van der Waals surface area (Å²) in [6.07, 6.45) is 3.70. The molecular formula is C17H23N5O3S. The first-order chi connectivity index (χ1) is 12.5. The van der Waals surface area contributed by atoms with E-state index in [2.05, 4.69) is 14.4 Å². The van der Waals surface area contributed by atoms with E-state index in [9.17, 15) is 9.90 Å². The highest BCUT2D eigenvalue weighted by Crippen LogP contribution is 2.38. The number of anilines is 1. The number of aliphatic carboxylic acids is 1. The van der Waals surface area contributed by atoms with E-state index in [-0.39, 0.29) is 5.92 Å². The Morgan fingerprint density at radius 3 is 2.77 bits per heavy atom. The van der Waals surface area contributed by atoms with Gasteiger partial charge in [0.15, 0.2) is 0 Å². The first-order valence-corrected chi connectivity index (χ1v) is 9.69. The van der Waals surface area contributed by atoms with Gasteiger partial charge in [0, 0.05) is 62.4 Å². The lowest BCUT2D eigenvalue weighted by atomic mass is 9.89. The van der Waals surface area contributed by atoms with Crippen LogP contribution in [-0.2, 0) is 16.6 Å². The van der Waals surface area contributed by atoms with E-state index in [1.54, 1.807) is 10.9 Å². The zero-order valence-corrected chi connectivity index (χ0v) is 15.8. The van der Waals surface area contributed by atoms with Gasteiger partial charge in [0.25, 0.3) is 0 Å². The predicted octanol–water partition coefficient (Wildman–Crippen LogP) is 1.78. The highest BCUT2D eigenvalue weighted by molar-refractivity contribution is 7.09. The SMILES string of the molecule is Cc1c([C@@H]2CN(c3nc(C4CCOCC4)ns3)C[C@H]2C(=O)O)cnn1C. The topological polar surface area (TPSA) is 93.4 Å². The van der Waals surface area contributed by atoms with E-state index in [0.717, 1.165) is 48.3 Å². The fourth-order valence-corrected chi connectivity index (χ4v) is 4.65. The Labute approximate surface area is 156 Å². The lowest BCUT2D eigenvalue weighted by Crippen LogP contribution is -2.23. The minimum absolute atomic E-state index is 0.0865. The molecule has 0 radical (unpaired) electrons. The maximum absolute atomic E-state index is 11.8. The van der Waals surface area contributed by atoms with Crippen molar-refractivity contribution in [1.82, 2.24) is 19.1 Å². The predicted molar refractivity (Wildman–Crippen MR) is 96.7 cm³/mol. The Morgan fingerprint density at radius 2 is 2.12 bits per heavy atom. The number of carboxylic acids is 1. The molecule has 2 aliphatic heterocycles. The lowest BCUT2D eigenvalue weighted by molar-refractivity contribution is -0.141. The van der Waals surface area contributed by atoms with Crippen molar-refractivity contribution in [1.29, 1.82) is 0 Å². The number of nitrogens with zero attached hydrogens (tertiary/aromatic N) is 5. The first-order valence-electron chi connectivity index (χ1n) is 8.92. The van der Waals surface area contributed by atoms with Gasteiger partial charge in [-0.2, -0.15) is 9.47 Å². The number of hydrogen-bond donors (Lipinski definition) is 1. The summed E-state index contributed by atoms with van der Waals surface area (Å²) in [5, 5.41) is 14.8. The summed E-state index contributed by atoms with van der Waals surface area (Å²) in [6, 6.07) is 0. The molecule has 2 aromatic rings. The van der Waals surface area contributed by atoms with Crippen molar-refractivity contribution in [3.63, 3.8) is 0 Å². The number of aromatic nitrogens is 4. The molecule has 0 saturated carbocycles. The van der Waals surface area contributed by atoms with Crippen LogP contribution in [0.15, 0.2) is 6.20 Å². The molecule has 9 heteroatoms. The zero-order valence-electron chi connectivity index (χ0n) is 15.0. The normalized spacial score (nSPS) is 24.3. The van der Waals surface area contributed by atoms with E-state index >= 15 is 0 Å². The molecule has 2 fully saturated rings. The zero-order chi connectivity index (χ0) is 18.3. The summed E-state index contributed by atoms with van der Waals surface area (Å²) < 4.78 is 11.7. The van der Waals surface area contributed by atoms with Crippen molar-refractivity contribution in [2.24, 2.45) is 13.0 Å². The molecule has 4 heterocycles. The van der Waals surface area contributed by atoms with Crippen LogP contribution in [-0.4, -0.2) is 56.5 Å². The standard InChI is InChI=1S/C17H23N5O3S/c1-10-12(7-18-21(10)2)13-8-22(9-14(13)16(23)24)17-19-15(20-26-17)11-3-5-25-6-4-11/h7,11,13-14H,3-6,8-9H2,1-2H3,(H,23,24)/t13-,14+/m0/s1. The van der Waals surface area contributed by atoms with Crippen molar-refractivity contribution < 1.29 is 14.6 Å². The molecule has 0 bridgehead atoms. The third kappa shape index (κ3) is 3.09. The molecule has 0 aromatic carbocycles. The van der Waals surface area contributed by atoms with E-state index in [0.29, 0.717) is 19.0 Å². The first kappa shape index (κ1) is 17.4. The summed E-state index contributed by atoms with van der Waals surface area (Å²) in [7, 11) is 1.88. The fraction of sp³-hybridized carbons (Fsp3) is 0.647. The van der Waals surface area contributed by atoms with Crippen LogP contribution in [0.5, 0.6) is 0 Å². The minimum atomic E-state index is -0.769. The van der Waals surface area contributed by atoms with Crippen LogP contribution in [0, 0.1) is 12.8 Å². The second kappa shape index (κ2) is 6.96. The molecule has 2 saturated heterocycles. The van der Waals surface area contributed by atoms with Gasteiger partial charge in [0.1, 0.15) is 5.82 Å². The molecule has 0 unspecified atom stereocenters. The molecule has 0 spiro atoms. The van der Waals surface area contributed by atoms with Gasteiger partial charge in [-0.25, -0.2) is 4.98 Å². The quantitative estimate of drug-likeness (QED) is 0.868. The lowest BCUT2D eigenvalue weighted by Gasteiger charge is -2.19. The van der Waals surface area contributed by atoms with Crippen molar-refractivity contribution >= 4 is 22.6 Å². The third-order valence-corrected chi connectivity index (χ3v) is 6.39. The molecule has 2 aromatic heterocycles. The van der Waals surface area contributed by atoms with Crippen molar-refractivity contribution in [3.05, 3.63) is 23.3 Å². The van der Waals surface area contributed by atoms with E-state index in [4.69, 9.17) is 9.72 Å². The Balaban J connectivity index is 1.55. The molecule has 2 atom stereocenters. The van der Waals surface area contributed by atoms with Crippen LogP contribution < -0.4 is 4.90 Å². The molecule has 26 heavy (non-hydrogen) atoms. The van der Waals surface area contributed by atoms with E-state index in [1.165, 1.54) is 11.5 Å². The van der Waals surface area contributed by atoms with Crippen LogP contribution in [0.4, 0.5) is 5.13 Å². The molecule has 4 rings (SSSR count).